The van der Waals surface area contributed by atoms with Gasteiger partial charge in [0, 0.05) is 18.5 Å². The third-order valence-corrected chi connectivity index (χ3v) is 4.24. The molecule has 1 aromatic rings. The summed E-state index contributed by atoms with van der Waals surface area (Å²) in [5, 5.41) is 9.97. The van der Waals surface area contributed by atoms with Gasteiger partial charge in [-0.1, -0.05) is 18.2 Å². The van der Waals surface area contributed by atoms with Crippen molar-refractivity contribution >= 4 is 5.97 Å². The Labute approximate surface area is 113 Å². The molecule has 4 nitrogen and oxygen atoms in total. The summed E-state index contributed by atoms with van der Waals surface area (Å²) in [5.41, 5.74) is 0.587. The van der Waals surface area contributed by atoms with Crippen LogP contribution in [0, 0.1) is 5.92 Å². The highest BCUT2D eigenvalue weighted by atomic mass is 16.5. The normalized spacial score (nSPS) is 30.3. The SMILES string of the molecule is O=C(OCC1CCN2CCC(O)C12)c1ccccc1. The summed E-state index contributed by atoms with van der Waals surface area (Å²) in [5.74, 6) is -0.00306. The molecule has 1 N–H and O–H groups in total. The van der Waals surface area contributed by atoms with Crippen molar-refractivity contribution < 1.29 is 14.6 Å². The van der Waals surface area contributed by atoms with Gasteiger partial charge in [-0.25, -0.2) is 4.79 Å². The maximum Gasteiger partial charge on any atom is 0.338 e. The standard InChI is InChI=1S/C15H19NO3/c17-13-7-9-16-8-6-12(14(13)16)10-19-15(18)11-4-2-1-3-5-11/h1-5,12-14,17H,6-10H2. The van der Waals surface area contributed by atoms with Crippen LogP contribution in [0.1, 0.15) is 23.2 Å². The van der Waals surface area contributed by atoms with Crippen molar-refractivity contribution in [3.63, 3.8) is 0 Å². The molecule has 0 aliphatic carbocycles. The van der Waals surface area contributed by atoms with Crippen LogP contribution in [0.2, 0.25) is 0 Å². The van der Waals surface area contributed by atoms with Gasteiger partial charge in [0.15, 0.2) is 0 Å². The van der Waals surface area contributed by atoms with Crippen LogP contribution in [0.15, 0.2) is 30.3 Å². The second kappa shape index (κ2) is 5.31. The van der Waals surface area contributed by atoms with E-state index in [4.69, 9.17) is 4.74 Å². The lowest BCUT2D eigenvalue weighted by atomic mass is 9.97. The molecule has 2 aliphatic heterocycles. The number of esters is 1. The van der Waals surface area contributed by atoms with E-state index in [9.17, 15) is 9.90 Å². The van der Waals surface area contributed by atoms with E-state index in [-0.39, 0.29) is 24.0 Å². The topological polar surface area (TPSA) is 49.8 Å². The van der Waals surface area contributed by atoms with Crippen LogP contribution in [0.5, 0.6) is 0 Å². The smallest absolute Gasteiger partial charge is 0.338 e. The van der Waals surface area contributed by atoms with Crippen LogP contribution >= 0.6 is 0 Å². The number of hydrogen-bond acceptors (Lipinski definition) is 4. The number of rotatable bonds is 3. The number of carbonyl (C=O) groups excluding carboxylic acids is 1. The molecule has 19 heavy (non-hydrogen) atoms. The van der Waals surface area contributed by atoms with Gasteiger partial charge in [-0.05, 0) is 31.5 Å². The number of hydrogen-bond donors (Lipinski definition) is 1. The lowest BCUT2D eigenvalue weighted by Gasteiger charge is -2.22. The zero-order valence-electron chi connectivity index (χ0n) is 10.9. The van der Waals surface area contributed by atoms with Gasteiger partial charge < -0.3 is 9.84 Å². The number of fused-ring (bicyclic) bond motifs is 1. The van der Waals surface area contributed by atoms with Crippen molar-refractivity contribution in [1.82, 2.24) is 4.90 Å². The zero-order valence-corrected chi connectivity index (χ0v) is 10.9. The summed E-state index contributed by atoms with van der Waals surface area (Å²) >= 11 is 0. The zero-order chi connectivity index (χ0) is 13.2. The van der Waals surface area contributed by atoms with Crippen molar-refractivity contribution in [3.8, 4) is 0 Å². The van der Waals surface area contributed by atoms with E-state index in [0.29, 0.717) is 12.2 Å². The Kier molecular flexibility index (Phi) is 3.53. The first-order valence-corrected chi connectivity index (χ1v) is 6.90. The molecule has 2 fully saturated rings. The summed E-state index contributed by atoms with van der Waals surface area (Å²) in [7, 11) is 0. The Hall–Kier alpha value is -1.39. The van der Waals surface area contributed by atoms with Gasteiger partial charge in [0.25, 0.3) is 0 Å². The van der Waals surface area contributed by atoms with Gasteiger partial charge in [-0.15, -0.1) is 0 Å². The largest absolute Gasteiger partial charge is 0.462 e. The quantitative estimate of drug-likeness (QED) is 0.833. The highest BCUT2D eigenvalue weighted by molar-refractivity contribution is 5.89. The average Bonchev–Trinajstić information content (AvgIpc) is 3.01. The fraction of sp³-hybridized carbons (Fsp3) is 0.533. The monoisotopic (exact) mass is 261 g/mol. The van der Waals surface area contributed by atoms with Crippen LogP contribution in [0.3, 0.4) is 0 Å². The maximum absolute atomic E-state index is 11.9. The molecule has 102 valence electrons. The number of benzene rings is 1. The highest BCUT2D eigenvalue weighted by Crippen LogP contribution is 2.33. The Morgan fingerprint density at radius 3 is 2.79 bits per heavy atom. The third kappa shape index (κ3) is 2.51. The molecule has 0 saturated carbocycles. The lowest BCUT2D eigenvalue weighted by molar-refractivity contribution is 0.0340. The Bertz CT molecular complexity index is 448. The molecule has 0 spiro atoms. The maximum atomic E-state index is 11.9. The second-order valence-corrected chi connectivity index (χ2v) is 5.40. The van der Waals surface area contributed by atoms with Crippen LogP contribution in [-0.2, 0) is 4.74 Å². The summed E-state index contributed by atoms with van der Waals surface area (Å²) in [6.45, 7) is 2.39. The minimum absolute atomic E-state index is 0.184. The molecule has 2 saturated heterocycles. The molecule has 3 atom stereocenters. The van der Waals surface area contributed by atoms with E-state index in [1.54, 1.807) is 12.1 Å². The first kappa shape index (κ1) is 12.6. The molecular weight excluding hydrogens is 242 g/mol. The van der Waals surface area contributed by atoms with Crippen molar-refractivity contribution in [1.29, 1.82) is 0 Å². The van der Waals surface area contributed by atoms with Crippen molar-refractivity contribution in [2.45, 2.75) is 25.0 Å². The van der Waals surface area contributed by atoms with Crippen molar-refractivity contribution in [2.24, 2.45) is 5.92 Å². The number of aliphatic hydroxyl groups excluding tert-OH is 1. The molecular formula is C15H19NO3. The first-order chi connectivity index (χ1) is 9.25. The number of carbonyl (C=O) groups is 1. The fourth-order valence-corrected chi connectivity index (χ4v) is 3.26. The van der Waals surface area contributed by atoms with Crippen LogP contribution in [0.25, 0.3) is 0 Å². The van der Waals surface area contributed by atoms with Gasteiger partial charge in [-0.2, -0.15) is 0 Å². The van der Waals surface area contributed by atoms with E-state index in [1.165, 1.54) is 0 Å². The summed E-state index contributed by atoms with van der Waals surface area (Å²) in [6.07, 6.45) is 1.58. The van der Waals surface area contributed by atoms with Gasteiger partial charge in [0.1, 0.15) is 0 Å². The molecule has 1 aromatic carbocycles. The minimum atomic E-state index is -0.272. The molecule has 3 rings (SSSR count). The van der Waals surface area contributed by atoms with E-state index in [2.05, 4.69) is 4.90 Å². The Morgan fingerprint density at radius 2 is 2.00 bits per heavy atom. The third-order valence-electron chi connectivity index (χ3n) is 4.24. The summed E-state index contributed by atoms with van der Waals surface area (Å²) in [4.78, 5) is 14.2. The molecule has 0 aromatic heterocycles. The number of ether oxygens (including phenoxy) is 1. The second-order valence-electron chi connectivity index (χ2n) is 5.40. The van der Waals surface area contributed by atoms with Crippen molar-refractivity contribution in [3.05, 3.63) is 35.9 Å². The summed E-state index contributed by atoms with van der Waals surface area (Å²) < 4.78 is 5.39. The van der Waals surface area contributed by atoms with Gasteiger partial charge in [-0.3, -0.25) is 4.90 Å². The molecule has 3 unspecified atom stereocenters. The minimum Gasteiger partial charge on any atom is -0.462 e. The van der Waals surface area contributed by atoms with Crippen LogP contribution in [-0.4, -0.2) is 47.8 Å². The Morgan fingerprint density at radius 1 is 1.26 bits per heavy atom. The highest BCUT2D eigenvalue weighted by Gasteiger charge is 2.43. The van der Waals surface area contributed by atoms with E-state index in [0.717, 1.165) is 25.9 Å². The Balaban J connectivity index is 1.57. The van der Waals surface area contributed by atoms with Crippen molar-refractivity contribution in [2.75, 3.05) is 19.7 Å². The van der Waals surface area contributed by atoms with Crippen LogP contribution in [0.4, 0.5) is 0 Å². The first-order valence-electron chi connectivity index (χ1n) is 6.90. The molecule has 2 aliphatic rings. The predicted molar refractivity (Wildman–Crippen MR) is 70.8 cm³/mol. The molecule has 0 radical (unpaired) electrons. The number of aliphatic hydroxyl groups is 1. The van der Waals surface area contributed by atoms with Gasteiger partial charge >= 0.3 is 5.97 Å². The molecule has 4 heteroatoms. The summed E-state index contributed by atoms with van der Waals surface area (Å²) in [6, 6.07) is 9.23. The lowest BCUT2D eigenvalue weighted by Crippen LogP contribution is -2.36. The van der Waals surface area contributed by atoms with E-state index < -0.39 is 0 Å². The molecule has 0 bridgehead atoms. The van der Waals surface area contributed by atoms with E-state index >= 15 is 0 Å². The average molecular weight is 261 g/mol. The fourth-order valence-electron chi connectivity index (χ4n) is 3.26. The van der Waals surface area contributed by atoms with E-state index in [1.807, 2.05) is 18.2 Å². The van der Waals surface area contributed by atoms with Gasteiger partial charge in [0.05, 0.1) is 18.3 Å². The molecule has 0 amide bonds. The van der Waals surface area contributed by atoms with Crippen LogP contribution < -0.4 is 0 Å². The number of nitrogens with zero attached hydrogens (tertiary/aromatic N) is 1. The predicted octanol–water partition coefficient (Wildman–Crippen LogP) is 1.30. The molecule has 2 heterocycles. The van der Waals surface area contributed by atoms with Gasteiger partial charge in [0.2, 0.25) is 0 Å².